The molecule has 4 aromatic rings. The van der Waals surface area contributed by atoms with Crippen molar-refractivity contribution in [2.75, 3.05) is 6.79 Å². The van der Waals surface area contributed by atoms with E-state index in [9.17, 15) is 18.4 Å². The smallest absolute Gasteiger partial charge is 0.321 e. The van der Waals surface area contributed by atoms with Crippen molar-refractivity contribution in [1.29, 1.82) is 0 Å². The zero-order valence-corrected chi connectivity index (χ0v) is 24.7. The molecule has 3 aromatic carbocycles. The normalized spacial score (nSPS) is 16.6. The molecule has 0 spiro atoms. The number of aromatic nitrogens is 2. The van der Waals surface area contributed by atoms with Gasteiger partial charge in [0.25, 0.3) is 5.91 Å². The molecule has 1 aliphatic carbocycles. The van der Waals surface area contributed by atoms with Crippen LogP contribution in [0.1, 0.15) is 73.5 Å². The molecule has 0 bridgehead atoms. The van der Waals surface area contributed by atoms with Crippen LogP contribution in [0.2, 0.25) is 0 Å². The molecule has 0 unspecified atom stereocenters. The molecule has 0 saturated heterocycles. The van der Waals surface area contributed by atoms with Crippen LogP contribution in [-0.4, -0.2) is 40.2 Å². The van der Waals surface area contributed by atoms with E-state index < -0.39 is 24.0 Å². The lowest BCUT2D eigenvalue weighted by molar-refractivity contribution is -0.144. The highest BCUT2D eigenvalue weighted by atomic mass is 19.3. The maximum atomic E-state index is 13.8. The number of carbonyl (C=O) groups is 2. The minimum Gasteiger partial charge on any atom is -0.484 e. The van der Waals surface area contributed by atoms with Crippen LogP contribution in [0.25, 0.3) is 16.6 Å². The van der Waals surface area contributed by atoms with Crippen molar-refractivity contribution < 1.29 is 32.6 Å². The van der Waals surface area contributed by atoms with E-state index in [1.54, 1.807) is 29.9 Å². The second kappa shape index (κ2) is 12.4. The highest BCUT2D eigenvalue weighted by Crippen LogP contribution is 2.34. The van der Waals surface area contributed by atoms with Crippen molar-refractivity contribution >= 4 is 22.6 Å². The molecule has 1 fully saturated rings. The summed E-state index contributed by atoms with van der Waals surface area (Å²) in [6, 6.07) is 17.6. The Balaban J connectivity index is 1.26. The predicted molar refractivity (Wildman–Crippen MR) is 160 cm³/mol. The number of ketones is 1. The third kappa shape index (κ3) is 6.45. The Labute approximate surface area is 254 Å². The van der Waals surface area contributed by atoms with Crippen LogP contribution < -0.4 is 14.8 Å². The molecule has 44 heavy (non-hydrogen) atoms. The van der Waals surface area contributed by atoms with E-state index in [2.05, 4.69) is 10.4 Å². The Morgan fingerprint density at radius 3 is 2.73 bits per heavy atom. The number of benzene rings is 3. The lowest BCUT2D eigenvalue weighted by Gasteiger charge is -2.28. The number of hydrogen-bond acceptors (Lipinski definition) is 6. The van der Waals surface area contributed by atoms with Gasteiger partial charge in [0.1, 0.15) is 17.6 Å². The number of Topliss-reactive ketones (excluding diaryl/α,β-unsaturated/α-hetero) is 1. The van der Waals surface area contributed by atoms with E-state index in [1.165, 1.54) is 12.8 Å². The molecule has 1 aromatic heterocycles. The van der Waals surface area contributed by atoms with Gasteiger partial charge in [-0.25, -0.2) is 4.68 Å². The molecule has 2 heterocycles. The van der Waals surface area contributed by atoms with Crippen LogP contribution in [0, 0.1) is 5.92 Å². The molecule has 6 rings (SSSR count). The fourth-order valence-electron chi connectivity index (χ4n) is 5.97. The molecule has 2 aliphatic rings. The van der Waals surface area contributed by atoms with E-state index in [4.69, 9.17) is 14.2 Å². The van der Waals surface area contributed by atoms with Crippen LogP contribution in [0.15, 0.2) is 66.9 Å². The second-order valence-electron chi connectivity index (χ2n) is 11.8. The van der Waals surface area contributed by atoms with E-state index in [0.717, 1.165) is 35.0 Å². The molecule has 1 amide bonds. The first-order valence-electron chi connectivity index (χ1n) is 15.0. The fourth-order valence-corrected chi connectivity index (χ4v) is 5.97. The van der Waals surface area contributed by atoms with Gasteiger partial charge in [-0.05, 0) is 54.8 Å². The van der Waals surface area contributed by atoms with Crippen LogP contribution in [0.3, 0.4) is 0 Å². The summed E-state index contributed by atoms with van der Waals surface area (Å²) in [6.07, 6.45) is 6.10. The average Bonchev–Trinajstić information content (AvgIpc) is 3.69. The molecule has 1 N–H and O–H groups in total. The fraction of sp³-hybridized carbons (Fsp3) is 0.382. The van der Waals surface area contributed by atoms with Gasteiger partial charge in [0.15, 0.2) is 12.6 Å². The number of halogens is 2. The van der Waals surface area contributed by atoms with E-state index in [-0.39, 0.29) is 12.6 Å². The number of nitrogens with one attached hydrogen (secondary N) is 1. The van der Waals surface area contributed by atoms with Crippen LogP contribution in [-0.2, 0) is 16.1 Å². The van der Waals surface area contributed by atoms with Gasteiger partial charge in [-0.1, -0.05) is 49.9 Å². The second-order valence-corrected chi connectivity index (χ2v) is 11.8. The SMILES string of the molecule is C[C@H](NC(=O)C(C)(F)F)[C@H](Oc1ccc2c(cnn2-c2cccc(C(=O)CC3CCCC3)c2)c1)c1ccc2c(c1)OCOC2. The summed E-state index contributed by atoms with van der Waals surface area (Å²) in [5.41, 5.74) is 3.76. The summed E-state index contributed by atoms with van der Waals surface area (Å²) < 4.78 is 46.6. The van der Waals surface area contributed by atoms with Crippen molar-refractivity contribution in [2.24, 2.45) is 5.92 Å². The van der Waals surface area contributed by atoms with Gasteiger partial charge in [-0.2, -0.15) is 13.9 Å². The molecule has 1 saturated carbocycles. The maximum Gasteiger partial charge on any atom is 0.321 e. The van der Waals surface area contributed by atoms with E-state index in [1.807, 2.05) is 48.5 Å². The Hall–Kier alpha value is -4.31. The van der Waals surface area contributed by atoms with Gasteiger partial charge < -0.3 is 19.5 Å². The van der Waals surface area contributed by atoms with Crippen molar-refractivity contribution in [3.05, 3.63) is 83.6 Å². The van der Waals surface area contributed by atoms with E-state index >= 15 is 0 Å². The van der Waals surface area contributed by atoms with Crippen molar-refractivity contribution in [1.82, 2.24) is 15.1 Å². The standard InChI is InChI=1S/C34H35F2N3O5/c1-21(38-33(41)34(2,35)36)32(24-10-11-25-19-42-20-43-31(25)17-24)44-28-12-13-29-26(16-28)18-37-39(29)27-9-5-8-23(15-27)30(40)14-22-6-3-4-7-22/h5,8-13,15-18,21-22,32H,3-4,6-7,14,19-20H2,1-2H3,(H,38,41)/t21-,32-/m0/s1. The first-order valence-corrected chi connectivity index (χ1v) is 15.0. The summed E-state index contributed by atoms with van der Waals surface area (Å²) >= 11 is 0. The Morgan fingerprint density at radius 2 is 1.93 bits per heavy atom. The molecule has 10 heteroatoms. The first-order chi connectivity index (χ1) is 21.2. The van der Waals surface area contributed by atoms with Crippen LogP contribution in [0.4, 0.5) is 8.78 Å². The van der Waals surface area contributed by atoms with E-state index in [0.29, 0.717) is 48.5 Å². The number of carbonyl (C=O) groups excluding carboxylic acids is 2. The van der Waals surface area contributed by atoms with Crippen molar-refractivity contribution in [2.45, 2.75) is 70.6 Å². The van der Waals surface area contributed by atoms with Crippen molar-refractivity contribution in [3.63, 3.8) is 0 Å². The summed E-state index contributed by atoms with van der Waals surface area (Å²) in [6.45, 7) is 2.68. The minimum atomic E-state index is -3.54. The summed E-state index contributed by atoms with van der Waals surface area (Å²) in [5, 5.41) is 7.76. The Kier molecular flexibility index (Phi) is 8.35. The number of hydrogen-bond donors (Lipinski definition) is 1. The molecule has 2 atom stereocenters. The lowest BCUT2D eigenvalue weighted by atomic mass is 9.97. The number of nitrogens with zero attached hydrogens (tertiary/aromatic N) is 2. The molecular weight excluding hydrogens is 568 g/mol. The maximum absolute atomic E-state index is 13.8. The largest absolute Gasteiger partial charge is 0.484 e. The van der Waals surface area contributed by atoms with Crippen LogP contribution in [0.5, 0.6) is 11.5 Å². The van der Waals surface area contributed by atoms with Gasteiger partial charge in [-0.3, -0.25) is 9.59 Å². The summed E-state index contributed by atoms with van der Waals surface area (Å²) in [7, 11) is 0. The van der Waals surface area contributed by atoms with Gasteiger partial charge in [0.05, 0.1) is 30.0 Å². The third-order valence-electron chi connectivity index (χ3n) is 8.35. The van der Waals surface area contributed by atoms with Gasteiger partial charge >= 0.3 is 5.92 Å². The number of alkyl halides is 2. The molecular formula is C34H35F2N3O5. The quantitative estimate of drug-likeness (QED) is 0.198. The zero-order valence-electron chi connectivity index (χ0n) is 24.7. The van der Waals surface area contributed by atoms with Gasteiger partial charge in [0.2, 0.25) is 0 Å². The zero-order chi connectivity index (χ0) is 30.8. The average molecular weight is 604 g/mol. The lowest BCUT2D eigenvalue weighted by Crippen LogP contribution is -2.46. The number of amides is 1. The minimum absolute atomic E-state index is 0.106. The molecule has 1 aliphatic heterocycles. The van der Waals surface area contributed by atoms with Crippen LogP contribution >= 0.6 is 0 Å². The predicted octanol–water partition coefficient (Wildman–Crippen LogP) is 6.94. The number of fused-ring (bicyclic) bond motifs is 2. The van der Waals surface area contributed by atoms with Gasteiger partial charge in [0, 0.05) is 29.9 Å². The molecule has 230 valence electrons. The summed E-state index contributed by atoms with van der Waals surface area (Å²) in [5.74, 6) is -3.23. The van der Waals surface area contributed by atoms with Gasteiger partial charge in [-0.15, -0.1) is 0 Å². The van der Waals surface area contributed by atoms with Crippen molar-refractivity contribution in [3.8, 4) is 17.2 Å². The Bertz CT molecular complexity index is 1680. The first kappa shape index (κ1) is 29.7. The highest BCUT2D eigenvalue weighted by Gasteiger charge is 2.35. The molecule has 0 radical (unpaired) electrons. The highest BCUT2D eigenvalue weighted by molar-refractivity contribution is 5.97. The Morgan fingerprint density at radius 1 is 1.11 bits per heavy atom. The third-order valence-corrected chi connectivity index (χ3v) is 8.35. The number of rotatable bonds is 10. The topological polar surface area (TPSA) is 91.7 Å². The monoisotopic (exact) mass is 603 g/mol. The summed E-state index contributed by atoms with van der Waals surface area (Å²) in [4.78, 5) is 25.1. The molecule has 8 nitrogen and oxygen atoms in total. The number of ether oxygens (including phenoxy) is 3.